The number of aromatic amines is 2. The van der Waals surface area contributed by atoms with E-state index >= 15 is 0 Å². The Bertz CT molecular complexity index is 1260. The van der Waals surface area contributed by atoms with Gasteiger partial charge in [0.25, 0.3) is 0 Å². The van der Waals surface area contributed by atoms with Gasteiger partial charge in [0.2, 0.25) is 11.8 Å². The van der Waals surface area contributed by atoms with Crippen LogP contribution in [0.2, 0.25) is 0 Å². The van der Waals surface area contributed by atoms with Crippen LogP contribution >= 0.6 is 0 Å². The Morgan fingerprint density at radius 1 is 0.470 bits per heavy atom. The second kappa shape index (κ2) is 41.2. The van der Waals surface area contributed by atoms with Gasteiger partial charge in [-0.2, -0.15) is 0 Å². The molecule has 0 radical (unpaired) electrons. The van der Waals surface area contributed by atoms with Crippen LogP contribution < -0.4 is 11.5 Å². The fourth-order valence-electron chi connectivity index (χ4n) is 9.05. The minimum Gasteiger partial charge on any atom is -0.374 e. The molecule has 0 aliphatic carbocycles. The number of hydrogen-bond donors (Lipinski definition) is 4. The Kier molecular flexibility index (Phi) is 37.0. The molecule has 4 atom stereocenters. The van der Waals surface area contributed by atoms with E-state index in [4.69, 9.17) is 20.9 Å². The maximum Gasteiger partial charge on any atom is 0.239 e. The minimum absolute atomic E-state index is 0.178. The van der Waals surface area contributed by atoms with Crippen molar-refractivity contribution in [3.63, 3.8) is 0 Å². The summed E-state index contributed by atoms with van der Waals surface area (Å²) < 4.78 is 13.4. The van der Waals surface area contributed by atoms with Gasteiger partial charge in [-0.25, -0.2) is 9.97 Å². The van der Waals surface area contributed by atoms with Crippen molar-refractivity contribution in [3.8, 4) is 0 Å². The number of imidazole rings is 2. The van der Waals surface area contributed by atoms with E-state index in [2.05, 4.69) is 33.8 Å². The molecule has 0 aliphatic heterocycles. The zero-order valence-corrected chi connectivity index (χ0v) is 43.1. The van der Waals surface area contributed by atoms with Crippen molar-refractivity contribution in [3.05, 3.63) is 36.4 Å². The molecule has 0 bridgehead atoms. The molecule has 382 valence electrons. The lowest BCUT2D eigenvalue weighted by Crippen LogP contribution is -2.53. The smallest absolute Gasteiger partial charge is 0.239 e. The lowest BCUT2D eigenvalue weighted by molar-refractivity contribution is -0.142. The number of carbonyl (C=O) groups excluding carboxylic acids is 2. The van der Waals surface area contributed by atoms with Crippen LogP contribution in [0, 0.1) is 0 Å². The van der Waals surface area contributed by atoms with E-state index in [0.29, 0.717) is 39.1 Å². The summed E-state index contributed by atoms with van der Waals surface area (Å²) in [6.07, 6.45) is 48.3. The number of carbonyl (C=O) groups is 2. The lowest BCUT2D eigenvalue weighted by Gasteiger charge is -2.34. The van der Waals surface area contributed by atoms with Crippen molar-refractivity contribution in [1.29, 1.82) is 0 Å². The lowest BCUT2D eigenvalue weighted by atomic mass is 10.0. The fraction of sp³-hybridized carbons (Fsp3) is 0.852. The molecule has 0 saturated carbocycles. The van der Waals surface area contributed by atoms with Crippen LogP contribution in [0.1, 0.15) is 231 Å². The highest BCUT2D eigenvalue weighted by atomic mass is 16.5. The first kappa shape index (κ1) is 59.3. The van der Waals surface area contributed by atoms with E-state index in [-0.39, 0.29) is 11.8 Å². The zero-order chi connectivity index (χ0) is 47.7. The molecule has 12 heteroatoms. The number of H-pyrrole nitrogens is 2. The van der Waals surface area contributed by atoms with Crippen LogP contribution in [0.15, 0.2) is 25.0 Å². The van der Waals surface area contributed by atoms with Gasteiger partial charge >= 0.3 is 0 Å². The number of hydrogen-bond acceptors (Lipinski definition) is 8. The van der Waals surface area contributed by atoms with Gasteiger partial charge in [0.1, 0.15) is 12.2 Å². The first-order valence-electron chi connectivity index (χ1n) is 27.5. The van der Waals surface area contributed by atoms with Crippen molar-refractivity contribution < 1.29 is 19.1 Å². The summed E-state index contributed by atoms with van der Waals surface area (Å²) in [5.41, 5.74) is 14.5. The molecule has 0 saturated heterocycles. The van der Waals surface area contributed by atoms with Crippen LogP contribution in [0.4, 0.5) is 0 Å². The molecule has 0 spiro atoms. The highest BCUT2D eigenvalue weighted by Gasteiger charge is 2.31. The summed E-state index contributed by atoms with van der Waals surface area (Å²) in [6, 6.07) is -1.46. The van der Waals surface area contributed by atoms with E-state index in [1.54, 1.807) is 48.9 Å². The van der Waals surface area contributed by atoms with E-state index in [0.717, 1.165) is 37.1 Å². The van der Waals surface area contributed by atoms with Gasteiger partial charge < -0.3 is 40.7 Å². The number of rotatable bonds is 47. The van der Waals surface area contributed by atoms with Crippen LogP contribution in [0.5, 0.6) is 0 Å². The fourth-order valence-corrected chi connectivity index (χ4v) is 9.05. The van der Waals surface area contributed by atoms with Gasteiger partial charge in [0, 0.05) is 77.0 Å². The molecule has 66 heavy (non-hydrogen) atoms. The first-order chi connectivity index (χ1) is 32.3. The molecule has 12 nitrogen and oxygen atoms in total. The summed E-state index contributed by atoms with van der Waals surface area (Å²) in [5.74, 6) is -0.355. The molecule has 2 amide bonds. The number of amides is 2. The molecule has 6 N–H and O–H groups in total. The van der Waals surface area contributed by atoms with E-state index in [9.17, 15) is 9.59 Å². The number of nitrogens with two attached hydrogens (primary N) is 2. The third-order valence-corrected chi connectivity index (χ3v) is 13.4. The van der Waals surface area contributed by atoms with Crippen LogP contribution in [0.25, 0.3) is 0 Å². The summed E-state index contributed by atoms with van der Waals surface area (Å²) in [4.78, 5) is 44.9. The third kappa shape index (κ3) is 30.6. The Hall–Kier alpha value is -2.80. The molecular formula is C54H102N8O4. The summed E-state index contributed by atoms with van der Waals surface area (Å²) in [5, 5.41) is 0. The second-order valence-corrected chi connectivity index (χ2v) is 19.6. The second-order valence-electron chi connectivity index (χ2n) is 19.6. The number of aromatic nitrogens is 4. The molecular weight excluding hydrogens is 825 g/mol. The topological polar surface area (TPSA) is 168 Å². The summed E-state index contributed by atoms with van der Waals surface area (Å²) >= 11 is 0. The highest BCUT2D eigenvalue weighted by Crippen LogP contribution is 2.18. The number of likely N-dealkylation sites (N-methyl/N-ethyl adjacent to an activating group) is 2. The van der Waals surface area contributed by atoms with E-state index in [1.807, 2.05) is 0 Å². The quantitative estimate of drug-likeness (QED) is 0.0476. The highest BCUT2D eigenvalue weighted by molar-refractivity contribution is 5.82. The first-order valence-corrected chi connectivity index (χ1v) is 27.5. The summed E-state index contributed by atoms with van der Waals surface area (Å²) in [7, 11) is 3.56. The SMILES string of the molecule is CCCCCCCCCCCCCCCCCCOC(CN(C)C(=O)C(N)Cc1cnc[nH]1)C(CN(C)C(=O)C(N)Cc1cnc[nH]1)OCCCCCCCCCCCCCCCCCC. The van der Waals surface area contributed by atoms with Gasteiger partial charge in [-0.1, -0.05) is 206 Å². The Labute approximate surface area is 404 Å². The standard InChI is InChI=1S/C54H102N8O4/c1-5-7-9-11-13-15-17-19-21-23-25-27-29-31-33-35-37-65-51(43-61(3)53(63)49(55)39-47-41-57-45-59-47)52(44-62(4)54(64)50(56)40-48-42-58-46-60-48)66-38-36-34-32-30-28-26-24-22-20-18-16-14-12-10-8-6-2/h41-42,45-46,49-52H,5-40,43-44,55-56H2,1-4H3,(H,57,59)(H,58,60). The predicted molar refractivity (Wildman–Crippen MR) is 274 cm³/mol. The third-order valence-electron chi connectivity index (χ3n) is 13.4. The molecule has 2 aromatic heterocycles. The molecule has 0 aliphatic rings. The van der Waals surface area contributed by atoms with Gasteiger partial charge in [-0.3, -0.25) is 9.59 Å². The summed E-state index contributed by atoms with van der Waals surface area (Å²) in [6.45, 7) is 6.26. The molecule has 0 aromatic carbocycles. The van der Waals surface area contributed by atoms with E-state index in [1.165, 1.54) is 180 Å². The van der Waals surface area contributed by atoms with Crippen molar-refractivity contribution in [2.75, 3.05) is 40.4 Å². The number of nitrogens with zero attached hydrogens (tertiary/aromatic N) is 4. The molecule has 2 heterocycles. The molecule has 2 rings (SSSR count). The zero-order valence-electron chi connectivity index (χ0n) is 43.1. The largest absolute Gasteiger partial charge is 0.374 e. The van der Waals surface area contributed by atoms with Gasteiger partial charge in [0.05, 0.1) is 24.7 Å². The number of nitrogens with one attached hydrogen (secondary N) is 2. The average Bonchev–Trinajstić information content (AvgIpc) is 4.04. The predicted octanol–water partition coefficient (Wildman–Crippen LogP) is 11.8. The monoisotopic (exact) mass is 927 g/mol. The van der Waals surface area contributed by atoms with Crippen LogP contribution in [-0.4, -0.2) is 106 Å². The van der Waals surface area contributed by atoms with Gasteiger partial charge in [0.15, 0.2) is 0 Å². The minimum atomic E-state index is -0.731. The average molecular weight is 927 g/mol. The van der Waals surface area contributed by atoms with Gasteiger partial charge in [-0.15, -0.1) is 0 Å². The molecule has 4 unspecified atom stereocenters. The van der Waals surface area contributed by atoms with Crippen LogP contribution in [-0.2, 0) is 31.9 Å². The Morgan fingerprint density at radius 2 is 0.727 bits per heavy atom. The van der Waals surface area contributed by atoms with Crippen LogP contribution in [0.3, 0.4) is 0 Å². The molecule has 0 fully saturated rings. The van der Waals surface area contributed by atoms with Crippen molar-refractivity contribution in [2.24, 2.45) is 11.5 Å². The van der Waals surface area contributed by atoms with Crippen molar-refractivity contribution in [2.45, 2.75) is 256 Å². The Morgan fingerprint density at radius 3 is 0.970 bits per heavy atom. The van der Waals surface area contributed by atoms with Crippen molar-refractivity contribution >= 4 is 11.8 Å². The van der Waals surface area contributed by atoms with Crippen molar-refractivity contribution in [1.82, 2.24) is 29.7 Å². The van der Waals surface area contributed by atoms with Gasteiger partial charge in [-0.05, 0) is 12.8 Å². The number of ether oxygens (including phenoxy) is 2. The number of unbranched alkanes of at least 4 members (excludes halogenated alkanes) is 30. The molecule has 2 aromatic rings. The maximum atomic E-state index is 13.6. The Balaban J connectivity index is 1.91. The maximum absolute atomic E-state index is 13.6. The normalized spacial score (nSPS) is 13.5. The van der Waals surface area contributed by atoms with E-state index < -0.39 is 24.3 Å².